The Kier molecular flexibility index (Phi) is 4.21. The average Bonchev–Trinajstić information content (AvgIpc) is 2.79. The highest BCUT2D eigenvalue weighted by Crippen LogP contribution is 2.07. The highest BCUT2D eigenvalue weighted by molar-refractivity contribution is 5.14. The molecule has 2 rings (SSSR count). The second-order valence-electron chi connectivity index (χ2n) is 3.82. The lowest BCUT2D eigenvalue weighted by Crippen LogP contribution is -1.92. The van der Waals surface area contributed by atoms with Crippen LogP contribution in [0, 0.1) is 0 Å². The Balaban J connectivity index is 1.90. The van der Waals surface area contributed by atoms with Gasteiger partial charge in [-0.3, -0.25) is 4.98 Å². The average molecular weight is 233 g/mol. The summed E-state index contributed by atoms with van der Waals surface area (Å²) in [5, 5.41) is 12.6. The van der Waals surface area contributed by atoms with E-state index in [1.807, 2.05) is 12.1 Å². The van der Waals surface area contributed by atoms with Gasteiger partial charge in [0.25, 0.3) is 0 Å². The van der Waals surface area contributed by atoms with Crippen LogP contribution in [0.1, 0.15) is 30.1 Å². The van der Waals surface area contributed by atoms with Gasteiger partial charge in [-0.25, -0.2) is 0 Å². The Bertz CT molecular complexity index is 442. The van der Waals surface area contributed by atoms with Gasteiger partial charge >= 0.3 is 0 Å². The Hall–Kier alpha value is -1.75. The zero-order chi connectivity index (χ0) is 11.9. The maximum absolute atomic E-state index is 8.67. The van der Waals surface area contributed by atoms with Crippen molar-refractivity contribution >= 4 is 0 Å². The lowest BCUT2D eigenvalue weighted by molar-refractivity contribution is 0.280. The van der Waals surface area contributed by atoms with E-state index in [1.165, 1.54) is 0 Å². The van der Waals surface area contributed by atoms with Crippen LogP contribution in [0.15, 0.2) is 29.0 Å². The number of pyridine rings is 1. The molecule has 0 fully saturated rings. The normalized spacial score (nSPS) is 10.6. The SMILES string of the molecule is OCCCCc1nc(Cc2ccncc2)no1. The van der Waals surface area contributed by atoms with E-state index in [0.717, 1.165) is 24.8 Å². The number of nitrogens with zero attached hydrogens (tertiary/aromatic N) is 3. The molecule has 2 heterocycles. The standard InChI is InChI=1S/C12H15N3O2/c16-8-2-1-3-12-14-11(15-17-12)9-10-4-6-13-7-5-10/h4-7,16H,1-3,8-9H2. The molecule has 0 atom stereocenters. The van der Waals surface area contributed by atoms with Crippen molar-refractivity contribution in [1.29, 1.82) is 0 Å². The van der Waals surface area contributed by atoms with E-state index in [-0.39, 0.29) is 6.61 Å². The fourth-order valence-corrected chi connectivity index (χ4v) is 1.53. The van der Waals surface area contributed by atoms with Gasteiger partial charge in [-0.15, -0.1) is 0 Å². The van der Waals surface area contributed by atoms with E-state index in [0.29, 0.717) is 18.1 Å². The van der Waals surface area contributed by atoms with Gasteiger partial charge in [0.1, 0.15) is 0 Å². The van der Waals surface area contributed by atoms with Crippen LogP contribution in [0.2, 0.25) is 0 Å². The molecule has 0 bridgehead atoms. The maximum atomic E-state index is 8.67. The van der Waals surface area contributed by atoms with Crippen molar-refractivity contribution in [3.63, 3.8) is 0 Å². The molecular weight excluding hydrogens is 218 g/mol. The zero-order valence-electron chi connectivity index (χ0n) is 9.54. The fraction of sp³-hybridized carbons (Fsp3) is 0.417. The molecule has 1 N–H and O–H groups in total. The Morgan fingerprint density at radius 2 is 2.00 bits per heavy atom. The smallest absolute Gasteiger partial charge is 0.226 e. The first-order chi connectivity index (χ1) is 8.38. The van der Waals surface area contributed by atoms with Crippen LogP contribution < -0.4 is 0 Å². The summed E-state index contributed by atoms with van der Waals surface area (Å²) < 4.78 is 5.13. The first-order valence-electron chi connectivity index (χ1n) is 5.69. The summed E-state index contributed by atoms with van der Waals surface area (Å²) in [7, 11) is 0. The van der Waals surface area contributed by atoms with E-state index in [2.05, 4.69) is 15.1 Å². The van der Waals surface area contributed by atoms with Crippen molar-refractivity contribution in [1.82, 2.24) is 15.1 Å². The Morgan fingerprint density at radius 1 is 1.18 bits per heavy atom. The van der Waals surface area contributed by atoms with Crippen LogP contribution in [0.3, 0.4) is 0 Å². The Morgan fingerprint density at radius 3 is 2.76 bits per heavy atom. The molecule has 0 aliphatic heterocycles. The number of aliphatic hydroxyl groups is 1. The summed E-state index contributed by atoms with van der Waals surface area (Å²) in [4.78, 5) is 8.25. The van der Waals surface area contributed by atoms with Crippen molar-refractivity contribution in [2.24, 2.45) is 0 Å². The van der Waals surface area contributed by atoms with Crippen molar-refractivity contribution in [3.8, 4) is 0 Å². The predicted molar refractivity (Wildman–Crippen MR) is 61.4 cm³/mol. The second kappa shape index (κ2) is 6.10. The predicted octanol–water partition coefficient (Wildman–Crippen LogP) is 1.37. The van der Waals surface area contributed by atoms with E-state index < -0.39 is 0 Å². The van der Waals surface area contributed by atoms with Gasteiger partial charge in [0.2, 0.25) is 5.89 Å². The minimum Gasteiger partial charge on any atom is -0.396 e. The van der Waals surface area contributed by atoms with Gasteiger partial charge in [0.05, 0.1) is 0 Å². The molecule has 0 saturated carbocycles. The van der Waals surface area contributed by atoms with Crippen LogP contribution in [0.4, 0.5) is 0 Å². The van der Waals surface area contributed by atoms with Crippen molar-refractivity contribution in [3.05, 3.63) is 41.8 Å². The summed E-state index contributed by atoms with van der Waals surface area (Å²) >= 11 is 0. The van der Waals surface area contributed by atoms with Gasteiger partial charge in [-0.2, -0.15) is 4.98 Å². The number of aromatic nitrogens is 3. The zero-order valence-corrected chi connectivity index (χ0v) is 9.54. The highest BCUT2D eigenvalue weighted by Gasteiger charge is 2.06. The molecule has 0 saturated heterocycles. The Labute approximate surface area is 99.5 Å². The lowest BCUT2D eigenvalue weighted by atomic mass is 10.2. The molecule has 0 aromatic carbocycles. The molecule has 0 spiro atoms. The fourth-order valence-electron chi connectivity index (χ4n) is 1.53. The first-order valence-corrected chi connectivity index (χ1v) is 5.69. The number of hydrogen-bond donors (Lipinski definition) is 1. The minimum atomic E-state index is 0.206. The molecule has 0 aliphatic carbocycles. The van der Waals surface area contributed by atoms with Crippen molar-refractivity contribution in [2.75, 3.05) is 6.61 Å². The van der Waals surface area contributed by atoms with Gasteiger partial charge in [0.15, 0.2) is 5.82 Å². The number of aliphatic hydroxyl groups excluding tert-OH is 1. The number of hydrogen-bond acceptors (Lipinski definition) is 5. The molecule has 0 unspecified atom stereocenters. The molecule has 0 radical (unpaired) electrons. The van der Waals surface area contributed by atoms with Crippen molar-refractivity contribution < 1.29 is 9.63 Å². The topological polar surface area (TPSA) is 72.0 Å². The van der Waals surface area contributed by atoms with E-state index in [4.69, 9.17) is 9.63 Å². The quantitative estimate of drug-likeness (QED) is 0.763. The van der Waals surface area contributed by atoms with Crippen LogP contribution in [-0.4, -0.2) is 26.8 Å². The molecule has 2 aromatic heterocycles. The maximum Gasteiger partial charge on any atom is 0.226 e. The third-order valence-electron chi connectivity index (χ3n) is 2.42. The number of unbranched alkanes of at least 4 members (excludes halogenated alkanes) is 1. The van der Waals surface area contributed by atoms with Crippen molar-refractivity contribution in [2.45, 2.75) is 25.7 Å². The second-order valence-corrected chi connectivity index (χ2v) is 3.82. The van der Waals surface area contributed by atoms with E-state index in [1.54, 1.807) is 12.4 Å². The van der Waals surface area contributed by atoms with Crippen LogP contribution in [-0.2, 0) is 12.8 Å². The van der Waals surface area contributed by atoms with E-state index >= 15 is 0 Å². The van der Waals surface area contributed by atoms with Gasteiger partial charge in [-0.1, -0.05) is 5.16 Å². The molecule has 5 heteroatoms. The van der Waals surface area contributed by atoms with Crippen LogP contribution in [0.5, 0.6) is 0 Å². The number of aryl methyl sites for hydroxylation is 1. The number of rotatable bonds is 6. The molecule has 0 aliphatic rings. The third kappa shape index (κ3) is 3.64. The lowest BCUT2D eigenvalue weighted by Gasteiger charge is -1.93. The molecule has 2 aromatic rings. The molecule has 5 nitrogen and oxygen atoms in total. The monoisotopic (exact) mass is 233 g/mol. The van der Waals surface area contributed by atoms with Crippen LogP contribution in [0.25, 0.3) is 0 Å². The summed E-state index contributed by atoms with van der Waals surface area (Å²) in [5.41, 5.74) is 1.11. The summed E-state index contributed by atoms with van der Waals surface area (Å²) in [6, 6.07) is 3.86. The van der Waals surface area contributed by atoms with Gasteiger partial charge in [0, 0.05) is 31.8 Å². The largest absolute Gasteiger partial charge is 0.396 e. The van der Waals surface area contributed by atoms with Gasteiger partial charge < -0.3 is 9.63 Å². The molecule has 17 heavy (non-hydrogen) atoms. The summed E-state index contributed by atoms with van der Waals surface area (Å²) in [6.07, 6.45) is 6.51. The third-order valence-corrected chi connectivity index (χ3v) is 2.42. The first kappa shape index (κ1) is 11.7. The molecule has 90 valence electrons. The van der Waals surface area contributed by atoms with Crippen LogP contribution >= 0.6 is 0 Å². The minimum absolute atomic E-state index is 0.206. The molecule has 0 amide bonds. The summed E-state index contributed by atoms with van der Waals surface area (Å²) in [5.74, 6) is 1.33. The van der Waals surface area contributed by atoms with Gasteiger partial charge in [-0.05, 0) is 30.5 Å². The highest BCUT2D eigenvalue weighted by atomic mass is 16.5. The summed E-state index contributed by atoms with van der Waals surface area (Å²) in [6.45, 7) is 0.206. The van der Waals surface area contributed by atoms with E-state index in [9.17, 15) is 0 Å². The molecular formula is C12H15N3O2.